The fraction of sp³-hybridized carbons (Fsp3) is 0.368. The normalized spacial score (nSPS) is 14.8. The fourth-order valence-electron chi connectivity index (χ4n) is 2.78. The zero-order chi connectivity index (χ0) is 16.9. The van der Waals surface area contributed by atoms with Crippen LogP contribution in [-0.2, 0) is 4.79 Å². The second kappa shape index (κ2) is 7.34. The van der Waals surface area contributed by atoms with Gasteiger partial charge in [-0.1, -0.05) is 19.9 Å². The molecule has 1 aliphatic heterocycles. The minimum Gasteiger partial charge on any atom is -0.368 e. The third kappa shape index (κ3) is 3.85. The quantitative estimate of drug-likeness (QED) is 0.939. The van der Waals surface area contributed by atoms with Crippen LogP contribution in [-0.4, -0.2) is 37.1 Å². The summed E-state index contributed by atoms with van der Waals surface area (Å²) < 4.78 is 0. The van der Waals surface area contributed by atoms with Crippen molar-refractivity contribution in [3.8, 4) is 0 Å². The van der Waals surface area contributed by atoms with Gasteiger partial charge in [0.15, 0.2) is 0 Å². The third-order valence-electron chi connectivity index (χ3n) is 4.28. The fourth-order valence-corrected chi connectivity index (χ4v) is 2.78. The van der Waals surface area contributed by atoms with Crippen molar-refractivity contribution in [2.45, 2.75) is 13.8 Å². The molecule has 1 aromatic heterocycles. The summed E-state index contributed by atoms with van der Waals surface area (Å²) >= 11 is 0. The van der Waals surface area contributed by atoms with Crippen LogP contribution in [0.3, 0.4) is 0 Å². The van der Waals surface area contributed by atoms with Crippen LogP contribution in [0, 0.1) is 5.92 Å². The molecule has 0 saturated carbocycles. The lowest BCUT2D eigenvalue weighted by Gasteiger charge is -2.36. The number of nitrogens with zero attached hydrogens (tertiary/aromatic N) is 3. The smallest absolute Gasteiger partial charge is 0.226 e. The maximum atomic E-state index is 11.7. The molecule has 0 spiro atoms. The number of amides is 1. The highest BCUT2D eigenvalue weighted by atomic mass is 16.1. The van der Waals surface area contributed by atoms with Crippen LogP contribution in [0.1, 0.15) is 13.8 Å². The van der Waals surface area contributed by atoms with E-state index in [9.17, 15) is 4.79 Å². The zero-order valence-electron chi connectivity index (χ0n) is 14.3. The molecule has 1 aromatic carbocycles. The number of hydrogen-bond acceptors (Lipinski definition) is 4. The summed E-state index contributed by atoms with van der Waals surface area (Å²) in [7, 11) is 0. The van der Waals surface area contributed by atoms with E-state index in [0.717, 1.165) is 37.7 Å². The molecule has 0 unspecified atom stereocenters. The first-order valence-electron chi connectivity index (χ1n) is 8.45. The molecule has 2 aromatic rings. The van der Waals surface area contributed by atoms with Gasteiger partial charge in [-0.3, -0.25) is 4.79 Å². The van der Waals surface area contributed by atoms with Crippen molar-refractivity contribution in [2.75, 3.05) is 41.3 Å². The predicted octanol–water partition coefficient (Wildman–Crippen LogP) is 3.00. The number of carbonyl (C=O) groups is 1. The first-order valence-corrected chi connectivity index (χ1v) is 8.45. The number of hydrogen-bond donors (Lipinski definition) is 1. The van der Waals surface area contributed by atoms with E-state index in [0.29, 0.717) is 0 Å². The number of nitrogens with one attached hydrogen (secondary N) is 1. The first-order chi connectivity index (χ1) is 11.6. The van der Waals surface area contributed by atoms with Gasteiger partial charge in [-0.25, -0.2) is 4.98 Å². The molecule has 0 atom stereocenters. The Labute approximate surface area is 143 Å². The van der Waals surface area contributed by atoms with Crippen molar-refractivity contribution in [3.63, 3.8) is 0 Å². The number of rotatable bonds is 4. The molecule has 5 nitrogen and oxygen atoms in total. The molecule has 24 heavy (non-hydrogen) atoms. The lowest BCUT2D eigenvalue weighted by Crippen LogP contribution is -2.46. The Bertz CT molecular complexity index is 662. The average molecular weight is 324 g/mol. The van der Waals surface area contributed by atoms with Crippen LogP contribution in [0.25, 0.3) is 0 Å². The SMILES string of the molecule is CC(C)C(=O)Nc1ccc(N2CCN(c3ccccn3)CC2)cc1. The standard InChI is InChI=1S/C19H24N4O/c1-15(2)19(24)21-16-6-8-17(9-7-16)22-11-13-23(14-12-22)18-5-3-4-10-20-18/h3-10,15H,11-14H2,1-2H3,(H,21,24). The molecular weight excluding hydrogens is 300 g/mol. The highest BCUT2D eigenvalue weighted by molar-refractivity contribution is 5.92. The molecule has 5 heteroatoms. The number of anilines is 3. The first kappa shape index (κ1) is 16.3. The van der Waals surface area contributed by atoms with Gasteiger partial charge in [0.2, 0.25) is 5.91 Å². The van der Waals surface area contributed by atoms with E-state index < -0.39 is 0 Å². The van der Waals surface area contributed by atoms with Gasteiger partial charge in [0.25, 0.3) is 0 Å². The minimum absolute atomic E-state index is 0.00986. The van der Waals surface area contributed by atoms with Gasteiger partial charge >= 0.3 is 0 Å². The van der Waals surface area contributed by atoms with Crippen LogP contribution < -0.4 is 15.1 Å². The van der Waals surface area contributed by atoms with E-state index in [1.54, 1.807) is 0 Å². The molecule has 0 bridgehead atoms. The van der Waals surface area contributed by atoms with Crippen molar-refractivity contribution >= 4 is 23.1 Å². The molecule has 2 heterocycles. The molecular formula is C19H24N4O. The number of piperazine rings is 1. The Morgan fingerprint density at radius 1 is 1.00 bits per heavy atom. The number of benzene rings is 1. The second-order valence-corrected chi connectivity index (χ2v) is 6.35. The monoisotopic (exact) mass is 324 g/mol. The summed E-state index contributed by atoms with van der Waals surface area (Å²) in [6.45, 7) is 7.64. The molecule has 0 radical (unpaired) electrons. The Balaban J connectivity index is 1.57. The van der Waals surface area contributed by atoms with E-state index in [-0.39, 0.29) is 11.8 Å². The van der Waals surface area contributed by atoms with E-state index >= 15 is 0 Å². The van der Waals surface area contributed by atoms with Gasteiger partial charge in [-0.2, -0.15) is 0 Å². The van der Waals surface area contributed by atoms with Gasteiger partial charge < -0.3 is 15.1 Å². The van der Waals surface area contributed by atoms with Crippen molar-refractivity contribution < 1.29 is 4.79 Å². The molecule has 3 rings (SSSR count). The van der Waals surface area contributed by atoms with Crippen molar-refractivity contribution in [2.24, 2.45) is 5.92 Å². The average Bonchev–Trinajstić information content (AvgIpc) is 2.63. The molecule has 1 N–H and O–H groups in total. The van der Waals surface area contributed by atoms with E-state index in [1.807, 2.05) is 44.3 Å². The van der Waals surface area contributed by atoms with Crippen LogP contribution in [0.4, 0.5) is 17.2 Å². The van der Waals surface area contributed by atoms with Crippen LogP contribution >= 0.6 is 0 Å². The molecule has 1 aliphatic rings. The summed E-state index contributed by atoms with van der Waals surface area (Å²) in [4.78, 5) is 20.8. The lowest BCUT2D eigenvalue weighted by atomic mass is 10.2. The topological polar surface area (TPSA) is 48.5 Å². The van der Waals surface area contributed by atoms with Gasteiger partial charge in [-0.15, -0.1) is 0 Å². The van der Waals surface area contributed by atoms with Gasteiger partial charge in [-0.05, 0) is 36.4 Å². The molecule has 1 saturated heterocycles. The molecule has 1 amide bonds. The largest absolute Gasteiger partial charge is 0.368 e. The summed E-state index contributed by atoms with van der Waals surface area (Å²) in [6.07, 6.45) is 1.84. The minimum atomic E-state index is -0.00986. The lowest BCUT2D eigenvalue weighted by molar-refractivity contribution is -0.118. The Morgan fingerprint density at radius 2 is 1.67 bits per heavy atom. The van der Waals surface area contributed by atoms with Crippen molar-refractivity contribution in [1.82, 2.24) is 4.98 Å². The predicted molar refractivity (Wildman–Crippen MR) is 98.6 cm³/mol. The Kier molecular flexibility index (Phi) is 4.99. The Hall–Kier alpha value is -2.56. The van der Waals surface area contributed by atoms with Crippen LogP contribution in [0.15, 0.2) is 48.7 Å². The molecule has 0 aliphatic carbocycles. The summed E-state index contributed by atoms with van der Waals surface area (Å²) in [5.41, 5.74) is 2.04. The van der Waals surface area contributed by atoms with Crippen LogP contribution in [0.2, 0.25) is 0 Å². The number of aromatic nitrogens is 1. The molecule has 1 fully saturated rings. The molecule has 126 valence electrons. The van der Waals surface area contributed by atoms with Crippen LogP contribution in [0.5, 0.6) is 0 Å². The van der Waals surface area contributed by atoms with Gasteiger partial charge in [0.1, 0.15) is 5.82 Å². The van der Waals surface area contributed by atoms with Gasteiger partial charge in [0, 0.05) is 49.7 Å². The Morgan fingerprint density at radius 3 is 2.25 bits per heavy atom. The third-order valence-corrected chi connectivity index (χ3v) is 4.28. The van der Waals surface area contributed by atoms with E-state index in [4.69, 9.17) is 0 Å². The van der Waals surface area contributed by atoms with Crippen molar-refractivity contribution in [1.29, 1.82) is 0 Å². The maximum absolute atomic E-state index is 11.7. The zero-order valence-corrected chi connectivity index (χ0v) is 14.3. The van der Waals surface area contributed by atoms with Crippen molar-refractivity contribution in [3.05, 3.63) is 48.7 Å². The summed E-state index contributed by atoms with van der Waals surface area (Å²) in [6, 6.07) is 14.1. The highest BCUT2D eigenvalue weighted by Crippen LogP contribution is 2.21. The maximum Gasteiger partial charge on any atom is 0.226 e. The summed E-state index contributed by atoms with van der Waals surface area (Å²) in [5, 5.41) is 2.93. The second-order valence-electron chi connectivity index (χ2n) is 6.35. The van der Waals surface area contributed by atoms with E-state index in [1.165, 1.54) is 5.69 Å². The highest BCUT2D eigenvalue weighted by Gasteiger charge is 2.18. The number of carbonyl (C=O) groups excluding carboxylic acids is 1. The number of pyridine rings is 1. The van der Waals surface area contributed by atoms with E-state index in [2.05, 4.69) is 38.3 Å². The summed E-state index contributed by atoms with van der Waals surface area (Å²) in [5.74, 6) is 1.08. The van der Waals surface area contributed by atoms with Gasteiger partial charge in [0.05, 0.1) is 0 Å².